The standard InChI is InChI=1S/C14H12FN3O2/c15-10-2-1-9-5-6-17(14(9)7-10)13-4-3-11(18(19)20)8-12(13)16/h1-4,7-8H,5-6,16H2. The molecular formula is C14H12FN3O2. The minimum Gasteiger partial charge on any atom is -0.397 e. The summed E-state index contributed by atoms with van der Waals surface area (Å²) in [5.41, 5.74) is 8.64. The number of nitrogens with two attached hydrogens (primary N) is 1. The van der Waals surface area contributed by atoms with Crippen LogP contribution in [0.2, 0.25) is 0 Å². The van der Waals surface area contributed by atoms with Gasteiger partial charge in [-0.1, -0.05) is 6.07 Å². The number of nitro benzene ring substituents is 1. The molecule has 0 amide bonds. The number of hydrogen-bond acceptors (Lipinski definition) is 4. The third kappa shape index (κ3) is 1.95. The smallest absolute Gasteiger partial charge is 0.271 e. The minimum atomic E-state index is -0.488. The number of rotatable bonds is 2. The minimum absolute atomic E-state index is 0.0510. The zero-order chi connectivity index (χ0) is 14.3. The van der Waals surface area contributed by atoms with E-state index in [0.29, 0.717) is 17.9 Å². The van der Waals surface area contributed by atoms with Gasteiger partial charge in [0.25, 0.3) is 5.69 Å². The van der Waals surface area contributed by atoms with Crippen LogP contribution in [0.25, 0.3) is 0 Å². The molecule has 0 aliphatic carbocycles. The van der Waals surface area contributed by atoms with E-state index in [1.165, 1.54) is 24.3 Å². The molecule has 6 heteroatoms. The van der Waals surface area contributed by atoms with E-state index in [4.69, 9.17) is 5.73 Å². The molecule has 2 aromatic rings. The maximum absolute atomic E-state index is 13.4. The first-order chi connectivity index (χ1) is 9.56. The Bertz CT molecular complexity index is 703. The Balaban J connectivity index is 2.04. The molecule has 3 rings (SSSR count). The molecule has 102 valence electrons. The molecule has 0 saturated heterocycles. The van der Waals surface area contributed by atoms with E-state index in [-0.39, 0.29) is 11.5 Å². The summed E-state index contributed by atoms with van der Waals surface area (Å²) in [4.78, 5) is 12.1. The third-order valence-corrected chi connectivity index (χ3v) is 3.46. The van der Waals surface area contributed by atoms with Crippen molar-refractivity contribution >= 4 is 22.7 Å². The fourth-order valence-corrected chi connectivity index (χ4v) is 2.50. The van der Waals surface area contributed by atoms with Crippen LogP contribution in [0.4, 0.5) is 27.1 Å². The topological polar surface area (TPSA) is 72.4 Å². The van der Waals surface area contributed by atoms with Gasteiger partial charge in [0.2, 0.25) is 0 Å². The number of non-ortho nitro benzene ring substituents is 1. The summed E-state index contributed by atoms with van der Waals surface area (Å²) in [5, 5.41) is 10.7. The second-order valence-corrected chi connectivity index (χ2v) is 4.67. The molecule has 2 N–H and O–H groups in total. The number of nitro groups is 1. The average molecular weight is 273 g/mol. The van der Waals surface area contributed by atoms with Gasteiger partial charge in [-0.15, -0.1) is 0 Å². The molecule has 20 heavy (non-hydrogen) atoms. The fourth-order valence-electron chi connectivity index (χ4n) is 2.50. The second-order valence-electron chi connectivity index (χ2n) is 4.67. The van der Waals surface area contributed by atoms with Crippen molar-refractivity contribution in [2.24, 2.45) is 0 Å². The molecule has 0 aromatic heterocycles. The lowest BCUT2D eigenvalue weighted by Gasteiger charge is -2.21. The van der Waals surface area contributed by atoms with Gasteiger partial charge in [0, 0.05) is 24.4 Å². The van der Waals surface area contributed by atoms with Crippen LogP contribution in [-0.4, -0.2) is 11.5 Å². The van der Waals surface area contributed by atoms with E-state index in [9.17, 15) is 14.5 Å². The highest BCUT2D eigenvalue weighted by Crippen LogP contribution is 2.38. The van der Waals surface area contributed by atoms with Gasteiger partial charge in [-0.2, -0.15) is 0 Å². The number of nitrogen functional groups attached to an aromatic ring is 1. The highest BCUT2D eigenvalue weighted by molar-refractivity contribution is 5.79. The van der Waals surface area contributed by atoms with Crippen molar-refractivity contribution in [3.8, 4) is 0 Å². The average Bonchev–Trinajstić information content (AvgIpc) is 2.81. The van der Waals surface area contributed by atoms with Crippen LogP contribution in [0.5, 0.6) is 0 Å². The van der Waals surface area contributed by atoms with Gasteiger partial charge >= 0.3 is 0 Å². The summed E-state index contributed by atoms with van der Waals surface area (Å²) in [6.45, 7) is 0.681. The third-order valence-electron chi connectivity index (χ3n) is 3.46. The summed E-state index contributed by atoms with van der Waals surface area (Å²) >= 11 is 0. The normalized spacial score (nSPS) is 13.3. The number of nitrogens with zero attached hydrogens (tertiary/aromatic N) is 2. The van der Waals surface area contributed by atoms with Crippen LogP contribution in [0, 0.1) is 15.9 Å². The Morgan fingerprint density at radius 1 is 1.20 bits per heavy atom. The molecule has 0 fully saturated rings. The van der Waals surface area contributed by atoms with Crippen LogP contribution in [-0.2, 0) is 6.42 Å². The predicted molar refractivity (Wildman–Crippen MR) is 74.6 cm³/mol. The molecule has 1 heterocycles. The van der Waals surface area contributed by atoms with Crippen molar-refractivity contribution in [3.05, 3.63) is 57.9 Å². The Kier molecular flexibility index (Phi) is 2.78. The first kappa shape index (κ1) is 12.4. The lowest BCUT2D eigenvalue weighted by Crippen LogP contribution is -2.15. The van der Waals surface area contributed by atoms with E-state index in [1.54, 1.807) is 12.1 Å². The Labute approximate surface area is 114 Å². The lowest BCUT2D eigenvalue weighted by atomic mass is 10.1. The van der Waals surface area contributed by atoms with Crippen molar-refractivity contribution in [2.45, 2.75) is 6.42 Å². The van der Waals surface area contributed by atoms with E-state index in [0.717, 1.165) is 17.7 Å². The van der Waals surface area contributed by atoms with Gasteiger partial charge < -0.3 is 10.6 Å². The monoisotopic (exact) mass is 273 g/mol. The van der Waals surface area contributed by atoms with Crippen LogP contribution in [0.1, 0.15) is 5.56 Å². The summed E-state index contributed by atoms with van der Waals surface area (Å²) in [6.07, 6.45) is 0.798. The molecule has 1 aliphatic rings. The fraction of sp³-hybridized carbons (Fsp3) is 0.143. The maximum atomic E-state index is 13.4. The van der Waals surface area contributed by atoms with Crippen LogP contribution < -0.4 is 10.6 Å². The van der Waals surface area contributed by atoms with Crippen LogP contribution in [0.3, 0.4) is 0 Å². The van der Waals surface area contributed by atoms with Gasteiger partial charge in [0.15, 0.2) is 0 Å². The maximum Gasteiger partial charge on any atom is 0.271 e. The second kappa shape index (κ2) is 4.48. The van der Waals surface area contributed by atoms with Gasteiger partial charge in [-0.05, 0) is 30.2 Å². The Morgan fingerprint density at radius 3 is 2.70 bits per heavy atom. The Morgan fingerprint density at radius 2 is 2.00 bits per heavy atom. The van der Waals surface area contributed by atoms with Crippen LogP contribution in [0.15, 0.2) is 36.4 Å². The predicted octanol–water partition coefficient (Wildman–Crippen LogP) is 3.01. The Hall–Kier alpha value is -2.63. The molecule has 0 unspecified atom stereocenters. The van der Waals surface area contributed by atoms with Crippen molar-refractivity contribution in [3.63, 3.8) is 0 Å². The van der Waals surface area contributed by atoms with E-state index < -0.39 is 4.92 Å². The number of hydrogen-bond donors (Lipinski definition) is 1. The van der Waals surface area contributed by atoms with Gasteiger partial charge in [-0.25, -0.2) is 4.39 Å². The molecule has 5 nitrogen and oxygen atoms in total. The van der Waals surface area contributed by atoms with Crippen molar-refractivity contribution in [1.29, 1.82) is 0 Å². The number of fused-ring (bicyclic) bond motifs is 1. The summed E-state index contributed by atoms with van der Waals surface area (Å²) in [7, 11) is 0. The zero-order valence-corrected chi connectivity index (χ0v) is 10.5. The summed E-state index contributed by atoms with van der Waals surface area (Å²) in [6, 6.07) is 8.99. The van der Waals surface area contributed by atoms with Crippen LogP contribution >= 0.6 is 0 Å². The molecule has 0 saturated carbocycles. The van der Waals surface area contributed by atoms with Crippen molar-refractivity contribution < 1.29 is 9.31 Å². The molecule has 0 radical (unpaired) electrons. The first-order valence-corrected chi connectivity index (χ1v) is 6.16. The van der Waals surface area contributed by atoms with Crippen molar-refractivity contribution in [1.82, 2.24) is 0 Å². The molecule has 0 spiro atoms. The summed E-state index contributed by atoms with van der Waals surface area (Å²) in [5.74, 6) is -0.309. The molecule has 2 aromatic carbocycles. The van der Waals surface area contributed by atoms with Gasteiger partial charge in [0.05, 0.1) is 16.3 Å². The molecule has 0 atom stereocenters. The van der Waals surface area contributed by atoms with Gasteiger partial charge in [-0.3, -0.25) is 10.1 Å². The zero-order valence-electron chi connectivity index (χ0n) is 10.5. The molecular weight excluding hydrogens is 261 g/mol. The van der Waals surface area contributed by atoms with E-state index in [2.05, 4.69) is 0 Å². The first-order valence-electron chi connectivity index (χ1n) is 6.16. The highest BCUT2D eigenvalue weighted by atomic mass is 19.1. The number of benzene rings is 2. The van der Waals surface area contributed by atoms with E-state index in [1.807, 2.05) is 4.90 Å². The molecule has 1 aliphatic heterocycles. The van der Waals surface area contributed by atoms with Crippen molar-refractivity contribution in [2.75, 3.05) is 17.2 Å². The SMILES string of the molecule is Nc1cc([N+](=O)[O-])ccc1N1CCc2ccc(F)cc21. The van der Waals surface area contributed by atoms with E-state index >= 15 is 0 Å². The highest BCUT2D eigenvalue weighted by Gasteiger charge is 2.23. The quantitative estimate of drug-likeness (QED) is 0.518. The lowest BCUT2D eigenvalue weighted by molar-refractivity contribution is -0.384. The summed E-state index contributed by atoms with van der Waals surface area (Å²) < 4.78 is 13.4. The number of halogens is 1. The number of anilines is 3. The molecule has 0 bridgehead atoms. The van der Waals surface area contributed by atoms with Gasteiger partial charge in [0.1, 0.15) is 5.82 Å². The largest absolute Gasteiger partial charge is 0.397 e.